The molecule has 0 bridgehead atoms. The quantitative estimate of drug-likeness (QED) is 0.189. The first kappa shape index (κ1) is 33.1. The number of allylic oxidation sites excluding steroid dienone is 4. The van der Waals surface area contributed by atoms with Gasteiger partial charge in [0.25, 0.3) is 0 Å². The third-order valence-corrected chi connectivity index (χ3v) is 12.8. The van der Waals surface area contributed by atoms with Crippen molar-refractivity contribution >= 4 is 17.3 Å². The Morgan fingerprint density at radius 3 is 2.74 bits per heavy atom. The number of aliphatic hydroxyl groups excluding tert-OH is 2. The van der Waals surface area contributed by atoms with Gasteiger partial charge in [-0.1, -0.05) is 68.8 Å². The Kier molecular flexibility index (Phi) is 10.2. The van der Waals surface area contributed by atoms with Crippen molar-refractivity contribution in [3.8, 4) is 0 Å². The standard InChI is InChI=1S/C40H51NO4S/c1-4-5-15-33-26-41-38(46-33)40(22-23-40)36(45-37(44)29-11-7-6-8-12-29)16-9-14-31-19-20-34-28(13-10-21-39(31,34)3)17-18-30-24-32(42)25-35(43)27(30)2/h6-9,11-12,16-18,26,31-32,34-36,42-43H,2,4-5,10,13-15,19-25H2,1,3H3/b16-9+,28-17+,30-18-. The molecule has 1 heterocycles. The van der Waals surface area contributed by atoms with E-state index >= 15 is 0 Å². The molecule has 2 N–H and O–H groups in total. The van der Waals surface area contributed by atoms with Gasteiger partial charge in [0.05, 0.1) is 23.2 Å². The number of hydrogen-bond donors (Lipinski definition) is 2. The monoisotopic (exact) mass is 641 g/mol. The van der Waals surface area contributed by atoms with Gasteiger partial charge in [0.2, 0.25) is 0 Å². The van der Waals surface area contributed by atoms with Gasteiger partial charge < -0.3 is 14.9 Å². The van der Waals surface area contributed by atoms with Crippen molar-refractivity contribution in [3.05, 3.63) is 99.6 Å². The molecule has 0 spiro atoms. The number of benzene rings is 1. The summed E-state index contributed by atoms with van der Waals surface area (Å²) < 4.78 is 6.32. The molecular formula is C40H51NO4S. The van der Waals surface area contributed by atoms with Crippen LogP contribution in [0.5, 0.6) is 0 Å². The minimum atomic E-state index is -0.656. The van der Waals surface area contributed by atoms with E-state index in [0.29, 0.717) is 30.2 Å². The van der Waals surface area contributed by atoms with Crippen LogP contribution >= 0.6 is 11.3 Å². The number of aromatic nitrogens is 1. The molecule has 4 aliphatic carbocycles. The number of hydrogen-bond acceptors (Lipinski definition) is 6. The Morgan fingerprint density at radius 1 is 1.17 bits per heavy atom. The second-order valence-corrected chi connectivity index (χ2v) is 15.6. The van der Waals surface area contributed by atoms with Gasteiger partial charge in [0, 0.05) is 17.5 Å². The van der Waals surface area contributed by atoms with E-state index in [9.17, 15) is 15.0 Å². The van der Waals surface area contributed by atoms with E-state index in [1.54, 1.807) is 11.3 Å². The van der Waals surface area contributed by atoms with Crippen molar-refractivity contribution in [3.63, 3.8) is 0 Å². The highest BCUT2D eigenvalue weighted by Gasteiger charge is 2.54. The number of carbonyl (C=O) groups is 1. The maximum Gasteiger partial charge on any atom is 0.338 e. The van der Waals surface area contributed by atoms with Crippen molar-refractivity contribution in [2.75, 3.05) is 0 Å². The highest BCUT2D eigenvalue weighted by atomic mass is 32.1. The van der Waals surface area contributed by atoms with Crippen LogP contribution in [-0.4, -0.2) is 39.5 Å². The van der Waals surface area contributed by atoms with Crippen LogP contribution in [0.4, 0.5) is 0 Å². The average Bonchev–Trinajstić information content (AvgIpc) is 3.59. The lowest BCUT2D eigenvalue weighted by Gasteiger charge is -2.42. The molecule has 2 aromatic rings. The number of aryl methyl sites for hydroxylation is 1. The maximum absolute atomic E-state index is 13.3. The molecule has 6 heteroatoms. The van der Waals surface area contributed by atoms with Gasteiger partial charge in [0.15, 0.2) is 0 Å². The molecule has 1 aromatic carbocycles. The number of ether oxygens (including phenoxy) is 1. The first-order valence-corrected chi connectivity index (χ1v) is 18.4. The van der Waals surface area contributed by atoms with E-state index in [2.05, 4.69) is 44.7 Å². The third-order valence-electron chi connectivity index (χ3n) is 11.5. The van der Waals surface area contributed by atoms with Crippen LogP contribution in [0.1, 0.15) is 111 Å². The molecule has 6 rings (SSSR count). The third kappa shape index (κ3) is 6.90. The highest BCUT2D eigenvalue weighted by molar-refractivity contribution is 7.11. The summed E-state index contributed by atoms with van der Waals surface area (Å²) in [6.07, 6.45) is 22.6. The van der Waals surface area contributed by atoms with Gasteiger partial charge in [-0.15, -0.1) is 11.3 Å². The van der Waals surface area contributed by atoms with Crippen molar-refractivity contribution in [2.24, 2.45) is 17.3 Å². The zero-order valence-electron chi connectivity index (χ0n) is 27.6. The van der Waals surface area contributed by atoms with E-state index in [4.69, 9.17) is 9.72 Å². The molecule has 246 valence electrons. The number of esters is 1. The molecule has 0 radical (unpaired) electrons. The van der Waals surface area contributed by atoms with E-state index < -0.39 is 12.2 Å². The smallest absolute Gasteiger partial charge is 0.338 e. The fourth-order valence-corrected chi connectivity index (χ4v) is 9.65. The minimum absolute atomic E-state index is 0.225. The fourth-order valence-electron chi connectivity index (χ4n) is 8.42. The van der Waals surface area contributed by atoms with Gasteiger partial charge in [-0.2, -0.15) is 0 Å². The van der Waals surface area contributed by atoms with Crippen LogP contribution in [0.25, 0.3) is 0 Å². The fraction of sp³-hybridized carbons (Fsp3) is 0.550. The van der Waals surface area contributed by atoms with E-state index in [1.807, 2.05) is 36.5 Å². The first-order valence-electron chi connectivity index (χ1n) is 17.6. The number of rotatable bonds is 11. The molecule has 0 amide bonds. The van der Waals surface area contributed by atoms with Crippen LogP contribution in [0.2, 0.25) is 0 Å². The predicted octanol–water partition coefficient (Wildman–Crippen LogP) is 8.83. The number of aliphatic hydroxyl groups is 2. The summed E-state index contributed by atoms with van der Waals surface area (Å²) in [5.74, 6) is 0.843. The van der Waals surface area contributed by atoms with E-state index in [1.165, 1.54) is 42.6 Å². The normalized spacial score (nSPS) is 31.3. The van der Waals surface area contributed by atoms with Crippen LogP contribution in [-0.2, 0) is 16.6 Å². The number of thiazole rings is 1. The van der Waals surface area contributed by atoms with Crippen LogP contribution < -0.4 is 0 Å². The Morgan fingerprint density at radius 2 is 1.98 bits per heavy atom. The van der Waals surface area contributed by atoms with Crippen LogP contribution in [0.15, 0.2) is 84.1 Å². The second kappa shape index (κ2) is 14.1. The number of nitrogens with zero attached hydrogens (tertiary/aromatic N) is 1. The Bertz CT molecular complexity index is 1480. The Labute approximate surface area is 279 Å². The summed E-state index contributed by atoms with van der Waals surface area (Å²) in [5.41, 5.74) is 3.82. The molecule has 0 aliphatic heterocycles. The summed E-state index contributed by atoms with van der Waals surface area (Å²) in [6.45, 7) is 8.81. The van der Waals surface area contributed by atoms with Gasteiger partial charge in [0.1, 0.15) is 11.1 Å². The van der Waals surface area contributed by atoms with Crippen molar-refractivity contribution in [1.29, 1.82) is 0 Å². The number of fused-ring (bicyclic) bond motifs is 1. The molecule has 0 saturated heterocycles. The van der Waals surface area contributed by atoms with Crippen molar-refractivity contribution in [1.82, 2.24) is 4.98 Å². The van der Waals surface area contributed by atoms with Gasteiger partial charge >= 0.3 is 5.97 Å². The average molecular weight is 642 g/mol. The number of carbonyl (C=O) groups excluding carboxylic acids is 1. The lowest BCUT2D eigenvalue weighted by Crippen LogP contribution is -2.33. The molecule has 6 atom stereocenters. The topological polar surface area (TPSA) is 79.7 Å². The summed E-state index contributed by atoms with van der Waals surface area (Å²) in [6, 6.07) is 9.34. The lowest BCUT2D eigenvalue weighted by molar-refractivity contribution is 0.0318. The van der Waals surface area contributed by atoms with E-state index in [-0.39, 0.29) is 22.9 Å². The molecule has 4 saturated carbocycles. The predicted molar refractivity (Wildman–Crippen MR) is 186 cm³/mol. The minimum Gasteiger partial charge on any atom is -0.453 e. The molecule has 4 aliphatic rings. The van der Waals surface area contributed by atoms with Crippen LogP contribution in [0, 0.1) is 17.3 Å². The molecule has 6 unspecified atom stereocenters. The largest absolute Gasteiger partial charge is 0.453 e. The highest BCUT2D eigenvalue weighted by Crippen LogP contribution is 2.59. The van der Waals surface area contributed by atoms with Crippen molar-refractivity contribution < 1.29 is 19.7 Å². The Balaban J connectivity index is 1.18. The zero-order valence-corrected chi connectivity index (χ0v) is 28.4. The van der Waals surface area contributed by atoms with Gasteiger partial charge in [-0.25, -0.2) is 9.78 Å². The number of unbranched alkanes of at least 4 members (excludes halogenated alkanes) is 1. The molecule has 1 aromatic heterocycles. The SMILES string of the molecule is C=C1/C(=C\C=C2/CCCC3(C)C(C/C=C/C(OC(=O)c4ccccc4)C4(c5ncc(CCCC)s5)CC4)CCC23)CC(O)CC1O. The molecule has 5 nitrogen and oxygen atoms in total. The summed E-state index contributed by atoms with van der Waals surface area (Å²) in [7, 11) is 0. The summed E-state index contributed by atoms with van der Waals surface area (Å²) >= 11 is 1.80. The Hall–Kier alpha value is -2.80. The van der Waals surface area contributed by atoms with Gasteiger partial charge in [-0.05, 0) is 117 Å². The summed E-state index contributed by atoms with van der Waals surface area (Å²) in [4.78, 5) is 19.5. The molecular weight excluding hydrogens is 591 g/mol. The van der Waals surface area contributed by atoms with Crippen molar-refractivity contribution in [2.45, 2.75) is 121 Å². The zero-order chi connectivity index (χ0) is 32.3. The first-order chi connectivity index (χ1) is 22.2. The van der Waals surface area contributed by atoms with Gasteiger partial charge in [-0.3, -0.25) is 0 Å². The van der Waals surface area contributed by atoms with E-state index in [0.717, 1.165) is 54.7 Å². The molecule has 46 heavy (non-hydrogen) atoms. The summed E-state index contributed by atoms with van der Waals surface area (Å²) in [5, 5.41) is 21.6. The lowest BCUT2D eigenvalue weighted by atomic mass is 9.63. The second-order valence-electron chi connectivity index (χ2n) is 14.5. The molecule has 4 fully saturated rings. The van der Waals surface area contributed by atoms with Crippen LogP contribution in [0.3, 0.4) is 0 Å². The maximum atomic E-state index is 13.3.